The van der Waals surface area contributed by atoms with Crippen molar-refractivity contribution in [3.05, 3.63) is 84.1 Å². The summed E-state index contributed by atoms with van der Waals surface area (Å²) in [5.74, 6) is 0.625. The molecule has 0 bridgehead atoms. The van der Waals surface area contributed by atoms with Gasteiger partial charge in [0.25, 0.3) is 0 Å². The zero-order chi connectivity index (χ0) is 29.1. The number of halogens is 3. The Labute approximate surface area is 228 Å². The van der Waals surface area contributed by atoms with E-state index < -0.39 is 23.9 Å². The summed E-state index contributed by atoms with van der Waals surface area (Å²) in [6, 6.07) is 12.8. The van der Waals surface area contributed by atoms with Gasteiger partial charge in [-0.15, -0.1) is 0 Å². The molecule has 0 saturated carbocycles. The van der Waals surface area contributed by atoms with Crippen LogP contribution in [0, 0.1) is 5.21 Å². The Hall–Kier alpha value is -5.80. The second-order valence-electron chi connectivity index (χ2n) is 8.34. The third-order valence-electron chi connectivity index (χ3n) is 5.63. The molecule has 210 valence electrons. The molecule has 13 nitrogen and oxygen atoms in total. The van der Waals surface area contributed by atoms with Gasteiger partial charge in [0, 0.05) is 11.8 Å². The van der Waals surface area contributed by atoms with E-state index in [2.05, 4.69) is 35.8 Å². The minimum Gasteiger partial charge on any atom is -0.740 e. The van der Waals surface area contributed by atoms with Gasteiger partial charge in [-0.3, -0.25) is 0 Å². The van der Waals surface area contributed by atoms with Gasteiger partial charge >= 0.3 is 24.2 Å². The number of anilines is 3. The standard InChI is InChI=1S/C25H19F3N8O5/c1-40-24(38)34-22-32-19-11-17(7-9-21(19)36(22)39)41-16-5-3-15(4-6-16)31-23(37)33-18-10-14(25(26,27)28)2-8-20(18)35-13-29-12-30-35/h2-13,32H,1H3,(H,34,38)(H2,31,33,37). The maximum atomic E-state index is 13.3. The predicted molar refractivity (Wildman–Crippen MR) is 139 cm³/mol. The summed E-state index contributed by atoms with van der Waals surface area (Å²) in [6.07, 6.45) is -2.94. The van der Waals surface area contributed by atoms with Crippen LogP contribution >= 0.6 is 0 Å². The number of fused-ring (bicyclic) bond motifs is 1. The molecule has 41 heavy (non-hydrogen) atoms. The number of aromatic nitrogens is 5. The number of ether oxygens (including phenoxy) is 2. The molecule has 0 aliphatic rings. The van der Waals surface area contributed by atoms with Crippen LogP contribution in [0.3, 0.4) is 0 Å². The zero-order valence-electron chi connectivity index (χ0n) is 20.9. The summed E-state index contributed by atoms with van der Waals surface area (Å²) in [4.78, 5) is 30.6. The van der Waals surface area contributed by atoms with Gasteiger partial charge in [0.2, 0.25) is 0 Å². The van der Waals surface area contributed by atoms with Crippen molar-refractivity contribution in [3.63, 3.8) is 0 Å². The first-order valence-electron chi connectivity index (χ1n) is 11.6. The lowest BCUT2D eigenvalue weighted by atomic mass is 10.1. The van der Waals surface area contributed by atoms with Gasteiger partial charge < -0.3 is 25.3 Å². The minimum absolute atomic E-state index is 0.128. The molecule has 5 rings (SSSR count). The first-order valence-corrected chi connectivity index (χ1v) is 11.6. The summed E-state index contributed by atoms with van der Waals surface area (Å²) in [6.45, 7) is 0. The Bertz CT molecular complexity index is 1720. The molecule has 0 radical (unpaired) electrons. The Balaban J connectivity index is 1.27. The molecular weight excluding hydrogens is 549 g/mol. The van der Waals surface area contributed by atoms with E-state index >= 15 is 0 Å². The number of aromatic amines is 1. The molecule has 2 aromatic heterocycles. The topological polar surface area (TPSA) is 162 Å². The van der Waals surface area contributed by atoms with Gasteiger partial charge in [0.15, 0.2) is 0 Å². The van der Waals surface area contributed by atoms with Crippen LogP contribution in [0.1, 0.15) is 5.56 Å². The summed E-state index contributed by atoms with van der Waals surface area (Å²) in [7, 11) is 1.17. The van der Waals surface area contributed by atoms with E-state index in [0.29, 0.717) is 27.4 Å². The monoisotopic (exact) mass is 568 g/mol. The van der Waals surface area contributed by atoms with Crippen LogP contribution in [-0.4, -0.2) is 39.0 Å². The van der Waals surface area contributed by atoms with Crippen molar-refractivity contribution in [2.24, 2.45) is 0 Å². The van der Waals surface area contributed by atoms with Gasteiger partial charge in [-0.1, -0.05) is 0 Å². The van der Waals surface area contributed by atoms with Crippen molar-refractivity contribution < 1.29 is 37.0 Å². The number of urea groups is 1. The largest absolute Gasteiger partial charge is 0.740 e. The third kappa shape index (κ3) is 5.95. The molecule has 3 amide bonds. The zero-order valence-corrected chi connectivity index (χ0v) is 20.9. The number of methoxy groups -OCH3 is 1. The number of alkyl halides is 3. The maximum absolute atomic E-state index is 13.3. The van der Waals surface area contributed by atoms with Crippen LogP contribution in [0.15, 0.2) is 73.3 Å². The molecule has 5 aromatic rings. The molecule has 3 aromatic carbocycles. The summed E-state index contributed by atoms with van der Waals surface area (Å²) in [5, 5.41) is 23.5. The number of hydrogen-bond acceptors (Lipinski definition) is 7. The Morgan fingerprint density at radius 1 is 1.00 bits per heavy atom. The lowest BCUT2D eigenvalue weighted by molar-refractivity contribution is -0.560. The molecular formula is C25H19F3N8O5. The van der Waals surface area contributed by atoms with E-state index in [1.165, 1.54) is 48.7 Å². The van der Waals surface area contributed by atoms with E-state index in [4.69, 9.17) is 4.74 Å². The fourth-order valence-electron chi connectivity index (χ4n) is 3.76. The predicted octanol–water partition coefficient (Wildman–Crippen LogP) is 5.02. The van der Waals surface area contributed by atoms with Gasteiger partial charge in [-0.2, -0.15) is 23.6 Å². The van der Waals surface area contributed by atoms with E-state index in [9.17, 15) is 28.0 Å². The van der Waals surface area contributed by atoms with Crippen LogP contribution in [0.2, 0.25) is 0 Å². The molecule has 0 aliphatic carbocycles. The highest BCUT2D eigenvalue weighted by Crippen LogP contribution is 2.33. The molecule has 0 saturated heterocycles. The third-order valence-corrected chi connectivity index (χ3v) is 5.63. The van der Waals surface area contributed by atoms with Gasteiger partial charge in [0.05, 0.1) is 24.0 Å². The molecule has 16 heteroatoms. The fraction of sp³-hybridized carbons (Fsp3) is 0.0800. The Kier molecular flexibility index (Phi) is 7.03. The summed E-state index contributed by atoms with van der Waals surface area (Å²) < 4.78 is 51.8. The second-order valence-corrected chi connectivity index (χ2v) is 8.34. The minimum atomic E-state index is -4.62. The van der Waals surface area contributed by atoms with Crippen molar-refractivity contribution in [2.75, 3.05) is 23.1 Å². The van der Waals surface area contributed by atoms with Crippen molar-refractivity contribution in [3.8, 4) is 17.2 Å². The average Bonchev–Trinajstić information content (AvgIpc) is 3.57. The molecule has 0 aliphatic heterocycles. The quantitative estimate of drug-likeness (QED) is 0.165. The lowest BCUT2D eigenvalue weighted by Crippen LogP contribution is -2.31. The Morgan fingerprint density at radius 2 is 1.76 bits per heavy atom. The number of H-pyrrole nitrogens is 1. The van der Waals surface area contributed by atoms with E-state index in [-0.39, 0.29) is 22.8 Å². The van der Waals surface area contributed by atoms with Crippen LogP contribution in [0.25, 0.3) is 16.7 Å². The number of rotatable bonds is 6. The number of carbonyl (C=O) groups excluding carboxylic acids is 2. The first kappa shape index (κ1) is 26.8. The number of nitrogens with zero attached hydrogens (tertiary/aromatic N) is 4. The molecule has 0 spiro atoms. The fourth-order valence-corrected chi connectivity index (χ4v) is 3.76. The van der Waals surface area contributed by atoms with Gasteiger partial charge in [0.1, 0.15) is 35.2 Å². The van der Waals surface area contributed by atoms with Crippen LogP contribution in [0.5, 0.6) is 11.5 Å². The molecule has 0 fully saturated rings. The lowest BCUT2D eigenvalue weighted by Gasteiger charge is -2.15. The highest BCUT2D eigenvalue weighted by atomic mass is 19.4. The molecule has 2 heterocycles. The van der Waals surface area contributed by atoms with Crippen molar-refractivity contribution in [1.29, 1.82) is 0 Å². The van der Waals surface area contributed by atoms with Gasteiger partial charge in [-0.25, -0.2) is 29.0 Å². The highest BCUT2D eigenvalue weighted by molar-refractivity contribution is 6.01. The molecule has 4 N–H and O–H groups in total. The van der Waals surface area contributed by atoms with Crippen molar-refractivity contribution >= 4 is 40.5 Å². The summed E-state index contributed by atoms with van der Waals surface area (Å²) >= 11 is 0. The van der Waals surface area contributed by atoms with E-state index in [1.54, 1.807) is 24.3 Å². The average molecular weight is 568 g/mol. The Morgan fingerprint density at radius 3 is 2.44 bits per heavy atom. The van der Waals surface area contributed by atoms with Crippen LogP contribution < -0.4 is 25.4 Å². The van der Waals surface area contributed by atoms with Crippen molar-refractivity contribution in [1.82, 2.24) is 19.7 Å². The number of benzene rings is 3. The van der Waals surface area contributed by atoms with E-state index in [1.807, 2.05) is 0 Å². The van der Waals surface area contributed by atoms with Crippen LogP contribution in [0.4, 0.5) is 40.1 Å². The maximum Gasteiger partial charge on any atom is 0.476 e. The SMILES string of the molecule is COC(=O)Nc1[nH]c2cc(Oc3ccc(NC(=O)Nc4cc(C(F)(F)F)ccc4-n4cncn4)cc3)ccc2[n+]1[O-]. The molecule has 0 atom stereocenters. The number of imidazole rings is 1. The number of hydrogen-bond donors (Lipinski definition) is 4. The first-order chi connectivity index (χ1) is 19.6. The molecule has 0 unspecified atom stereocenters. The normalized spacial score (nSPS) is 11.2. The number of amides is 3. The number of carbonyl (C=O) groups is 2. The van der Waals surface area contributed by atoms with Crippen molar-refractivity contribution in [2.45, 2.75) is 6.18 Å². The smallest absolute Gasteiger partial charge is 0.476 e. The van der Waals surface area contributed by atoms with Gasteiger partial charge in [-0.05, 0) is 54.6 Å². The highest BCUT2D eigenvalue weighted by Gasteiger charge is 2.31. The summed E-state index contributed by atoms with van der Waals surface area (Å²) in [5.41, 5.74) is 0.0725. The van der Waals surface area contributed by atoms with E-state index in [0.717, 1.165) is 12.1 Å². The number of nitrogens with one attached hydrogen (secondary N) is 4. The second kappa shape index (κ2) is 10.8. The van der Waals surface area contributed by atoms with Crippen LogP contribution in [-0.2, 0) is 10.9 Å².